The van der Waals surface area contributed by atoms with E-state index in [1.54, 1.807) is 11.8 Å². The molecule has 1 atom stereocenters. The number of aryl methyl sites for hydroxylation is 2. The van der Waals surface area contributed by atoms with Crippen molar-refractivity contribution in [2.45, 2.75) is 38.0 Å². The van der Waals surface area contributed by atoms with E-state index in [1.165, 1.54) is 5.56 Å². The summed E-state index contributed by atoms with van der Waals surface area (Å²) in [5.74, 6) is 0.618. The van der Waals surface area contributed by atoms with E-state index in [4.69, 9.17) is 0 Å². The monoisotopic (exact) mass is 444 g/mol. The minimum Gasteiger partial charge on any atom is -0.326 e. The van der Waals surface area contributed by atoms with Crippen molar-refractivity contribution in [2.24, 2.45) is 0 Å². The highest BCUT2D eigenvalue weighted by Crippen LogP contribution is 2.43. The van der Waals surface area contributed by atoms with Crippen molar-refractivity contribution in [1.82, 2.24) is 0 Å². The molecule has 1 N–H and O–H groups in total. The molecule has 4 nitrogen and oxygen atoms in total. The lowest BCUT2D eigenvalue weighted by atomic mass is 10.1. The minimum atomic E-state index is -0.0525. The van der Waals surface area contributed by atoms with Crippen LogP contribution in [0.1, 0.15) is 41.8 Å². The van der Waals surface area contributed by atoms with Crippen molar-refractivity contribution in [3.05, 3.63) is 95.6 Å². The van der Waals surface area contributed by atoms with E-state index < -0.39 is 0 Å². The first-order valence-electron chi connectivity index (χ1n) is 11.1. The molecule has 164 valence electrons. The summed E-state index contributed by atoms with van der Waals surface area (Å²) in [5.41, 5.74) is 5.21. The molecule has 1 aliphatic rings. The number of thioether (sulfide) groups is 1. The molecule has 0 radical (unpaired) electrons. The number of para-hydroxylation sites is 1. The van der Waals surface area contributed by atoms with Crippen LogP contribution in [0, 0.1) is 0 Å². The van der Waals surface area contributed by atoms with Gasteiger partial charge in [-0.25, -0.2) is 0 Å². The molecule has 1 aliphatic heterocycles. The topological polar surface area (TPSA) is 49.4 Å². The Hall–Kier alpha value is -3.05. The van der Waals surface area contributed by atoms with E-state index >= 15 is 0 Å². The zero-order valence-electron chi connectivity index (χ0n) is 18.3. The molecule has 1 fully saturated rings. The summed E-state index contributed by atoms with van der Waals surface area (Å²) in [6, 6.07) is 26.1. The smallest absolute Gasteiger partial charge is 0.238 e. The molecule has 4 rings (SSSR count). The van der Waals surface area contributed by atoms with Gasteiger partial charge in [0, 0.05) is 17.8 Å². The van der Waals surface area contributed by atoms with Gasteiger partial charge in [-0.05, 0) is 47.7 Å². The largest absolute Gasteiger partial charge is 0.326 e. The van der Waals surface area contributed by atoms with E-state index in [2.05, 4.69) is 18.3 Å². The first-order valence-corrected chi connectivity index (χ1v) is 12.2. The summed E-state index contributed by atoms with van der Waals surface area (Å²) in [4.78, 5) is 27.0. The molecule has 0 spiro atoms. The quantitative estimate of drug-likeness (QED) is 0.464. The summed E-state index contributed by atoms with van der Waals surface area (Å²) in [7, 11) is 0. The zero-order valence-corrected chi connectivity index (χ0v) is 19.1. The van der Waals surface area contributed by atoms with Crippen molar-refractivity contribution in [2.75, 3.05) is 16.0 Å². The zero-order chi connectivity index (χ0) is 22.3. The van der Waals surface area contributed by atoms with Crippen molar-refractivity contribution < 1.29 is 9.59 Å². The van der Waals surface area contributed by atoms with Gasteiger partial charge >= 0.3 is 0 Å². The fourth-order valence-electron chi connectivity index (χ4n) is 4.01. The van der Waals surface area contributed by atoms with Gasteiger partial charge in [0.15, 0.2) is 0 Å². The fourth-order valence-corrected chi connectivity index (χ4v) is 5.18. The molecule has 0 aliphatic carbocycles. The molecule has 3 aromatic rings. The second kappa shape index (κ2) is 10.5. The van der Waals surface area contributed by atoms with Crippen molar-refractivity contribution in [1.29, 1.82) is 0 Å². The number of carbonyl (C=O) groups is 2. The average Bonchev–Trinajstić information content (AvgIpc) is 3.20. The number of benzene rings is 3. The number of hydrogen-bond donors (Lipinski definition) is 1. The molecule has 32 heavy (non-hydrogen) atoms. The molecule has 1 unspecified atom stereocenters. The van der Waals surface area contributed by atoms with E-state index in [-0.39, 0.29) is 17.2 Å². The van der Waals surface area contributed by atoms with Gasteiger partial charge in [-0.3, -0.25) is 14.5 Å². The van der Waals surface area contributed by atoms with Crippen LogP contribution in [0.5, 0.6) is 0 Å². The highest BCUT2D eigenvalue weighted by molar-refractivity contribution is 8.00. The van der Waals surface area contributed by atoms with E-state index in [0.717, 1.165) is 41.8 Å². The maximum atomic E-state index is 12.8. The third-order valence-electron chi connectivity index (χ3n) is 5.60. The Labute approximate surface area is 194 Å². The number of nitrogens with zero attached hydrogens (tertiary/aromatic N) is 1. The SMILES string of the molecule is CCCc1ccccc1N1C(=O)CSC1c1ccc(NC(=O)CCc2ccccc2)cc1. The van der Waals surface area contributed by atoms with Gasteiger partial charge in [0.1, 0.15) is 5.37 Å². The first-order chi connectivity index (χ1) is 15.7. The van der Waals surface area contributed by atoms with Gasteiger partial charge in [0.25, 0.3) is 0 Å². The Morgan fingerprint density at radius 2 is 1.69 bits per heavy atom. The van der Waals surface area contributed by atoms with Gasteiger partial charge in [0.05, 0.1) is 5.75 Å². The predicted molar refractivity (Wildman–Crippen MR) is 133 cm³/mol. The van der Waals surface area contributed by atoms with Crippen LogP contribution in [-0.4, -0.2) is 17.6 Å². The summed E-state index contributed by atoms with van der Waals surface area (Å²) < 4.78 is 0. The minimum absolute atomic E-state index is 0.00198. The van der Waals surface area contributed by atoms with Crippen LogP contribution in [0.15, 0.2) is 78.9 Å². The second-order valence-corrected chi connectivity index (χ2v) is 9.03. The lowest BCUT2D eigenvalue weighted by molar-refractivity contribution is -0.116. The Morgan fingerprint density at radius 3 is 2.44 bits per heavy atom. The van der Waals surface area contributed by atoms with Crippen LogP contribution in [0.25, 0.3) is 0 Å². The fraction of sp³-hybridized carbons (Fsp3) is 0.259. The molecule has 0 aromatic heterocycles. The molecule has 5 heteroatoms. The second-order valence-electron chi connectivity index (χ2n) is 7.96. The third-order valence-corrected chi connectivity index (χ3v) is 6.81. The molecular formula is C27H28N2O2S. The van der Waals surface area contributed by atoms with Crippen molar-refractivity contribution in [3.8, 4) is 0 Å². The maximum absolute atomic E-state index is 12.8. The van der Waals surface area contributed by atoms with Crippen LogP contribution in [-0.2, 0) is 22.4 Å². The molecular weight excluding hydrogens is 416 g/mol. The molecule has 1 saturated heterocycles. The number of hydrogen-bond acceptors (Lipinski definition) is 3. The van der Waals surface area contributed by atoms with Crippen molar-refractivity contribution >= 4 is 35.0 Å². The first kappa shape index (κ1) is 22.2. The molecule has 2 amide bonds. The van der Waals surface area contributed by atoms with Crippen LogP contribution in [0.4, 0.5) is 11.4 Å². The number of nitrogens with one attached hydrogen (secondary N) is 1. The number of rotatable bonds is 8. The summed E-state index contributed by atoms with van der Waals surface area (Å²) >= 11 is 1.65. The molecule has 0 bridgehead atoms. The normalized spacial score (nSPS) is 15.7. The summed E-state index contributed by atoms with van der Waals surface area (Å²) in [5, 5.41) is 2.93. The van der Waals surface area contributed by atoms with E-state index in [0.29, 0.717) is 12.2 Å². The number of carbonyl (C=O) groups excluding carboxylic acids is 2. The van der Waals surface area contributed by atoms with Gasteiger partial charge in [0.2, 0.25) is 11.8 Å². The maximum Gasteiger partial charge on any atom is 0.238 e. The highest BCUT2D eigenvalue weighted by atomic mass is 32.2. The summed E-state index contributed by atoms with van der Waals surface area (Å²) in [6.07, 6.45) is 3.15. The Kier molecular flexibility index (Phi) is 7.28. The van der Waals surface area contributed by atoms with Crippen LogP contribution in [0.2, 0.25) is 0 Å². The standard InChI is InChI=1S/C27H28N2O2S/c1-2-8-21-11-6-7-12-24(21)29-26(31)19-32-27(29)22-14-16-23(17-15-22)28-25(30)18-13-20-9-4-3-5-10-20/h3-7,9-12,14-17,27H,2,8,13,18-19H2,1H3,(H,28,30). The third kappa shape index (κ3) is 5.22. The van der Waals surface area contributed by atoms with Crippen LogP contribution in [0.3, 0.4) is 0 Å². The van der Waals surface area contributed by atoms with E-state index in [9.17, 15) is 9.59 Å². The molecule has 0 saturated carbocycles. The number of anilines is 2. The van der Waals surface area contributed by atoms with Gasteiger partial charge in [-0.1, -0.05) is 74.0 Å². The Bertz CT molecular complexity index is 1070. The van der Waals surface area contributed by atoms with Crippen LogP contribution >= 0.6 is 11.8 Å². The highest BCUT2D eigenvalue weighted by Gasteiger charge is 2.34. The Morgan fingerprint density at radius 1 is 0.969 bits per heavy atom. The van der Waals surface area contributed by atoms with Crippen molar-refractivity contribution in [3.63, 3.8) is 0 Å². The van der Waals surface area contributed by atoms with E-state index in [1.807, 2.05) is 77.7 Å². The lowest BCUT2D eigenvalue weighted by Gasteiger charge is -2.26. The Balaban J connectivity index is 1.44. The number of amides is 2. The lowest BCUT2D eigenvalue weighted by Crippen LogP contribution is -2.28. The molecule has 1 heterocycles. The van der Waals surface area contributed by atoms with Crippen LogP contribution < -0.4 is 10.2 Å². The van der Waals surface area contributed by atoms with Gasteiger partial charge in [-0.2, -0.15) is 0 Å². The van der Waals surface area contributed by atoms with Gasteiger partial charge < -0.3 is 5.32 Å². The average molecular weight is 445 g/mol. The van der Waals surface area contributed by atoms with Gasteiger partial charge in [-0.15, -0.1) is 11.8 Å². The predicted octanol–water partition coefficient (Wildman–Crippen LogP) is 5.99. The molecule has 3 aromatic carbocycles. The summed E-state index contributed by atoms with van der Waals surface area (Å²) in [6.45, 7) is 2.15.